The molecule has 1 unspecified atom stereocenters. The van der Waals surface area contributed by atoms with E-state index in [1.165, 1.54) is 0 Å². The van der Waals surface area contributed by atoms with Gasteiger partial charge in [0.25, 0.3) is 0 Å². The molecule has 1 rings (SSSR count). The van der Waals surface area contributed by atoms with Gasteiger partial charge in [-0.3, -0.25) is 0 Å². The molecule has 70 valence electrons. The van der Waals surface area contributed by atoms with Crippen molar-refractivity contribution in [3.8, 4) is 0 Å². The molecule has 1 atom stereocenters. The predicted octanol–water partition coefficient (Wildman–Crippen LogP) is 3.16. The van der Waals surface area contributed by atoms with Crippen LogP contribution < -0.4 is 0 Å². The number of hydrogen-bond donors (Lipinski definition) is 1. The van der Waals surface area contributed by atoms with Crippen LogP contribution in [0.5, 0.6) is 0 Å². The van der Waals surface area contributed by atoms with Gasteiger partial charge in [0, 0.05) is 0 Å². The summed E-state index contributed by atoms with van der Waals surface area (Å²) in [7, 11) is 0. The maximum Gasteiger partial charge on any atom is 0.0762 e. The van der Waals surface area contributed by atoms with Gasteiger partial charge < -0.3 is 5.11 Å². The first-order valence-corrected chi connectivity index (χ1v) is 4.68. The van der Waals surface area contributed by atoms with Gasteiger partial charge >= 0.3 is 0 Å². The lowest BCUT2D eigenvalue weighted by molar-refractivity contribution is 0.199. The largest absolute Gasteiger partial charge is 0.389 e. The zero-order chi connectivity index (χ0) is 9.68. The number of aliphatic hydroxyl groups is 1. The topological polar surface area (TPSA) is 20.2 Å². The molecule has 0 saturated heterocycles. The minimum atomic E-state index is -0.380. The number of allylic oxidation sites excluding steroid dienone is 1. The lowest BCUT2D eigenvalue weighted by atomic mass is 10.1. The molecule has 0 saturated carbocycles. The molecule has 0 bridgehead atoms. The normalized spacial score (nSPS) is 13.5. The van der Waals surface area contributed by atoms with E-state index in [2.05, 4.69) is 19.1 Å². The minimum absolute atomic E-state index is 0.380. The molecule has 1 nitrogen and oxygen atoms in total. The molecule has 0 aliphatic carbocycles. The van der Waals surface area contributed by atoms with Gasteiger partial charge in [0.05, 0.1) is 6.10 Å². The van der Waals surface area contributed by atoms with Crippen molar-refractivity contribution >= 4 is 6.08 Å². The van der Waals surface area contributed by atoms with Crippen LogP contribution in [-0.2, 0) is 0 Å². The van der Waals surface area contributed by atoms with Gasteiger partial charge in [0.1, 0.15) is 0 Å². The highest BCUT2D eigenvalue weighted by Gasteiger charge is 1.98. The van der Waals surface area contributed by atoms with Crippen molar-refractivity contribution in [1.29, 1.82) is 0 Å². The van der Waals surface area contributed by atoms with Crippen molar-refractivity contribution in [1.82, 2.24) is 0 Å². The molecule has 1 aromatic rings. The zero-order valence-corrected chi connectivity index (χ0v) is 8.20. The molecule has 1 aromatic carbocycles. The van der Waals surface area contributed by atoms with E-state index < -0.39 is 0 Å². The molecule has 0 aliphatic heterocycles. The molecular weight excluding hydrogens is 160 g/mol. The van der Waals surface area contributed by atoms with E-state index >= 15 is 0 Å². The summed E-state index contributed by atoms with van der Waals surface area (Å²) >= 11 is 0. The van der Waals surface area contributed by atoms with Crippen molar-refractivity contribution in [2.45, 2.75) is 26.4 Å². The van der Waals surface area contributed by atoms with Crippen molar-refractivity contribution in [2.24, 2.45) is 0 Å². The highest BCUT2D eigenvalue weighted by molar-refractivity contribution is 5.50. The monoisotopic (exact) mass is 176 g/mol. The van der Waals surface area contributed by atoms with Crippen LogP contribution in [-0.4, -0.2) is 5.11 Å². The van der Waals surface area contributed by atoms with Crippen LogP contribution in [0.1, 0.15) is 37.5 Å². The van der Waals surface area contributed by atoms with Gasteiger partial charge in [-0.25, -0.2) is 0 Å². The van der Waals surface area contributed by atoms with Crippen LogP contribution >= 0.6 is 0 Å². The Morgan fingerprint density at radius 2 is 2.23 bits per heavy atom. The fraction of sp³-hybridized carbons (Fsp3) is 0.333. The van der Waals surface area contributed by atoms with Crippen LogP contribution in [0.15, 0.2) is 30.3 Å². The van der Waals surface area contributed by atoms with E-state index in [0.29, 0.717) is 0 Å². The van der Waals surface area contributed by atoms with E-state index in [1.54, 1.807) is 6.92 Å². The summed E-state index contributed by atoms with van der Waals surface area (Å²) in [6.45, 7) is 3.89. The molecule has 0 heterocycles. The molecular formula is C12H16O. The maximum absolute atomic E-state index is 9.35. The maximum atomic E-state index is 9.35. The Labute approximate surface area is 79.7 Å². The molecule has 0 amide bonds. The van der Waals surface area contributed by atoms with Gasteiger partial charge in [0.2, 0.25) is 0 Å². The van der Waals surface area contributed by atoms with Crippen molar-refractivity contribution < 1.29 is 5.11 Å². The lowest BCUT2D eigenvalue weighted by Crippen LogP contribution is -1.90. The number of aliphatic hydroxyl groups excluding tert-OH is 1. The average Bonchev–Trinajstić information content (AvgIpc) is 2.15. The Morgan fingerprint density at radius 3 is 2.85 bits per heavy atom. The Kier molecular flexibility index (Phi) is 3.71. The smallest absolute Gasteiger partial charge is 0.0762 e. The van der Waals surface area contributed by atoms with Crippen LogP contribution in [0.4, 0.5) is 0 Å². The fourth-order valence-electron chi connectivity index (χ4n) is 1.18. The highest BCUT2D eigenvalue weighted by atomic mass is 16.3. The van der Waals surface area contributed by atoms with E-state index in [4.69, 9.17) is 0 Å². The summed E-state index contributed by atoms with van der Waals surface area (Å²) in [5, 5.41) is 9.35. The minimum Gasteiger partial charge on any atom is -0.389 e. The number of rotatable bonds is 3. The first-order chi connectivity index (χ1) is 6.24. The molecule has 0 spiro atoms. The Balaban J connectivity index is 2.85. The summed E-state index contributed by atoms with van der Waals surface area (Å²) in [5.41, 5.74) is 2.12. The number of benzene rings is 1. The third-order valence-electron chi connectivity index (χ3n) is 1.94. The standard InChI is InChI=1S/C12H16O/c1-3-4-6-11-7-5-8-12(9-11)10(2)13/h4-10,13H,3H2,1-2H3. The number of hydrogen-bond acceptors (Lipinski definition) is 1. The molecule has 0 radical (unpaired) electrons. The van der Waals surface area contributed by atoms with Gasteiger partial charge in [-0.2, -0.15) is 0 Å². The van der Waals surface area contributed by atoms with Gasteiger partial charge in [-0.1, -0.05) is 37.3 Å². The molecule has 13 heavy (non-hydrogen) atoms. The zero-order valence-electron chi connectivity index (χ0n) is 8.20. The lowest BCUT2D eigenvalue weighted by Gasteiger charge is -2.04. The second-order valence-electron chi connectivity index (χ2n) is 3.16. The second kappa shape index (κ2) is 4.83. The Hall–Kier alpha value is -1.08. The van der Waals surface area contributed by atoms with E-state index in [-0.39, 0.29) is 6.10 Å². The Bertz CT molecular complexity index is 287. The van der Waals surface area contributed by atoms with Crippen LogP contribution in [0.3, 0.4) is 0 Å². The van der Waals surface area contributed by atoms with E-state index in [9.17, 15) is 5.11 Å². The second-order valence-corrected chi connectivity index (χ2v) is 3.16. The average molecular weight is 176 g/mol. The summed E-state index contributed by atoms with van der Waals surface area (Å²) in [5.74, 6) is 0. The van der Waals surface area contributed by atoms with Gasteiger partial charge in [-0.05, 0) is 30.5 Å². The molecule has 1 heteroatoms. The first kappa shape index (κ1) is 10.0. The van der Waals surface area contributed by atoms with Gasteiger partial charge in [-0.15, -0.1) is 0 Å². The van der Waals surface area contributed by atoms with Crippen LogP contribution in [0.25, 0.3) is 6.08 Å². The fourth-order valence-corrected chi connectivity index (χ4v) is 1.18. The van der Waals surface area contributed by atoms with E-state index in [0.717, 1.165) is 17.5 Å². The van der Waals surface area contributed by atoms with Crippen LogP contribution in [0.2, 0.25) is 0 Å². The summed E-state index contributed by atoms with van der Waals surface area (Å²) in [6, 6.07) is 7.96. The highest BCUT2D eigenvalue weighted by Crippen LogP contribution is 2.14. The third kappa shape index (κ3) is 3.03. The van der Waals surface area contributed by atoms with Crippen molar-refractivity contribution in [3.05, 3.63) is 41.5 Å². The van der Waals surface area contributed by atoms with Crippen molar-refractivity contribution in [3.63, 3.8) is 0 Å². The quantitative estimate of drug-likeness (QED) is 0.750. The van der Waals surface area contributed by atoms with E-state index in [1.807, 2.05) is 24.3 Å². The molecule has 0 aromatic heterocycles. The van der Waals surface area contributed by atoms with Crippen molar-refractivity contribution in [2.75, 3.05) is 0 Å². The molecule has 0 aliphatic rings. The summed E-state index contributed by atoms with van der Waals surface area (Å²) in [6.07, 6.45) is 4.85. The predicted molar refractivity (Wildman–Crippen MR) is 56.4 cm³/mol. The third-order valence-corrected chi connectivity index (χ3v) is 1.94. The summed E-state index contributed by atoms with van der Waals surface area (Å²) < 4.78 is 0. The molecule has 0 fully saturated rings. The molecule has 1 N–H and O–H groups in total. The summed E-state index contributed by atoms with van der Waals surface area (Å²) in [4.78, 5) is 0. The first-order valence-electron chi connectivity index (χ1n) is 4.68. The van der Waals surface area contributed by atoms with Crippen LogP contribution in [0, 0.1) is 0 Å². The Morgan fingerprint density at radius 1 is 1.46 bits per heavy atom. The van der Waals surface area contributed by atoms with Gasteiger partial charge in [0.15, 0.2) is 0 Å². The SMILES string of the molecule is CCC=Cc1cccc(C(C)O)c1.